The lowest BCUT2D eigenvalue weighted by Crippen LogP contribution is -2.30. The zero-order chi connectivity index (χ0) is 11.8. The van der Waals surface area contributed by atoms with Gasteiger partial charge in [0.2, 0.25) is 0 Å². The molecule has 1 aliphatic rings. The van der Waals surface area contributed by atoms with Crippen LogP contribution < -0.4 is 0 Å². The summed E-state index contributed by atoms with van der Waals surface area (Å²) >= 11 is 3.49. The minimum Gasteiger partial charge on any atom is -0.158 e. The molecule has 0 atom stereocenters. The van der Waals surface area contributed by atoms with Gasteiger partial charge in [0.15, 0.2) is 5.66 Å². The smallest absolute Gasteiger partial charge is 0.158 e. The number of hydrogen-bond donors (Lipinski definition) is 0. The van der Waals surface area contributed by atoms with E-state index in [0.717, 1.165) is 17.3 Å². The number of nitrogens with zero attached hydrogens (tertiary/aromatic N) is 2. The van der Waals surface area contributed by atoms with E-state index in [4.69, 9.17) is 0 Å². The molecule has 0 saturated heterocycles. The quantitative estimate of drug-likeness (QED) is 0.774. The number of halogens is 1. The van der Waals surface area contributed by atoms with Crippen LogP contribution in [-0.2, 0) is 6.42 Å². The van der Waals surface area contributed by atoms with Crippen LogP contribution in [0.4, 0.5) is 0 Å². The van der Waals surface area contributed by atoms with Gasteiger partial charge >= 0.3 is 0 Å². The van der Waals surface area contributed by atoms with Crippen LogP contribution >= 0.6 is 15.9 Å². The SMILES string of the molecule is CC(C)(C)C1(CCc2cccc(Br)c2)N=N1. The van der Waals surface area contributed by atoms with E-state index in [-0.39, 0.29) is 11.1 Å². The average molecular weight is 281 g/mol. The molecule has 0 aliphatic carbocycles. The van der Waals surface area contributed by atoms with E-state index in [0.29, 0.717) is 0 Å². The fraction of sp³-hybridized carbons (Fsp3) is 0.538. The van der Waals surface area contributed by atoms with Gasteiger partial charge in [-0.15, -0.1) is 0 Å². The predicted octanol–water partition coefficient (Wildman–Crippen LogP) is 4.59. The molecule has 0 bridgehead atoms. The second kappa shape index (κ2) is 3.95. The Kier molecular flexibility index (Phi) is 2.91. The number of benzene rings is 1. The molecule has 0 unspecified atom stereocenters. The Morgan fingerprint density at radius 2 is 1.94 bits per heavy atom. The highest BCUT2D eigenvalue weighted by molar-refractivity contribution is 9.10. The third-order valence-electron chi connectivity index (χ3n) is 3.19. The summed E-state index contributed by atoms with van der Waals surface area (Å²) < 4.78 is 1.14. The van der Waals surface area contributed by atoms with Gasteiger partial charge < -0.3 is 0 Å². The van der Waals surface area contributed by atoms with Crippen LogP contribution in [-0.4, -0.2) is 5.66 Å². The highest BCUT2D eigenvalue weighted by atomic mass is 79.9. The molecule has 1 aromatic carbocycles. The Labute approximate surface area is 105 Å². The first-order valence-electron chi connectivity index (χ1n) is 5.61. The first kappa shape index (κ1) is 11.8. The normalized spacial score (nSPS) is 17.5. The van der Waals surface area contributed by atoms with Gasteiger partial charge in [0.1, 0.15) is 0 Å². The van der Waals surface area contributed by atoms with Gasteiger partial charge in [0.25, 0.3) is 0 Å². The van der Waals surface area contributed by atoms with Crippen molar-refractivity contribution in [2.24, 2.45) is 15.6 Å². The molecule has 1 aromatic rings. The maximum atomic E-state index is 4.26. The summed E-state index contributed by atoms with van der Waals surface area (Å²) in [7, 11) is 0. The van der Waals surface area contributed by atoms with Crippen LogP contribution in [0.25, 0.3) is 0 Å². The van der Waals surface area contributed by atoms with Crippen molar-refractivity contribution in [2.45, 2.75) is 39.3 Å². The van der Waals surface area contributed by atoms with Crippen LogP contribution in [0.2, 0.25) is 0 Å². The van der Waals surface area contributed by atoms with E-state index in [1.807, 2.05) is 0 Å². The van der Waals surface area contributed by atoms with E-state index in [1.54, 1.807) is 0 Å². The molecular weight excluding hydrogens is 264 g/mol. The predicted molar refractivity (Wildman–Crippen MR) is 69.5 cm³/mol. The second-order valence-corrected chi connectivity index (χ2v) is 6.31. The molecule has 3 heteroatoms. The van der Waals surface area contributed by atoms with Crippen molar-refractivity contribution in [1.29, 1.82) is 0 Å². The third-order valence-corrected chi connectivity index (χ3v) is 3.69. The summed E-state index contributed by atoms with van der Waals surface area (Å²) in [5.74, 6) is 0. The van der Waals surface area contributed by atoms with Crippen molar-refractivity contribution in [3.8, 4) is 0 Å². The Balaban J connectivity index is 1.98. The van der Waals surface area contributed by atoms with Crippen LogP contribution in [0.15, 0.2) is 39.0 Å². The van der Waals surface area contributed by atoms with Crippen molar-refractivity contribution < 1.29 is 0 Å². The molecule has 0 N–H and O–H groups in total. The fourth-order valence-electron chi connectivity index (χ4n) is 1.85. The fourth-order valence-corrected chi connectivity index (χ4v) is 2.29. The molecule has 2 nitrogen and oxygen atoms in total. The monoisotopic (exact) mass is 280 g/mol. The van der Waals surface area contributed by atoms with Crippen LogP contribution in [0.5, 0.6) is 0 Å². The molecule has 0 saturated carbocycles. The minimum atomic E-state index is -0.130. The lowest BCUT2D eigenvalue weighted by molar-refractivity contribution is 0.260. The molecule has 0 fully saturated rings. The topological polar surface area (TPSA) is 24.7 Å². The Morgan fingerprint density at radius 3 is 2.44 bits per heavy atom. The zero-order valence-electron chi connectivity index (χ0n) is 10.00. The summed E-state index contributed by atoms with van der Waals surface area (Å²) in [6.07, 6.45) is 2.04. The maximum absolute atomic E-state index is 4.26. The molecule has 1 heterocycles. The molecule has 86 valence electrons. The van der Waals surface area contributed by atoms with E-state index in [2.05, 4.69) is 71.2 Å². The van der Waals surface area contributed by atoms with Crippen molar-refractivity contribution in [3.05, 3.63) is 34.3 Å². The minimum absolute atomic E-state index is 0.130. The highest BCUT2D eigenvalue weighted by Crippen LogP contribution is 2.47. The second-order valence-electron chi connectivity index (χ2n) is 5.40. The maximum Gasteiger partial charge on any atom is 0.196 e. The third kappa shape index (κ3) is 2.34. The van der Waals surface area contributed by atoms with Gasteiger partial charge in [-0.3, -0.25) is 0 Å². The van der Waals surface area contributed by atoms with Crippen molar-refractivity contribution in [3.63, 3.8) is 0 Å². The van der Waals surface area contributed by atoms with Crippen molar-refractivity contribution >= 4 is 15.9 Å². The molecule has 0 spiro atoms. The number of aryl methyl sites for hydroxylation is 1. The summed E-state index contributed by atoms with van der Waals surface area (Å²) in [5, 5.41) is 8.51. The van der Waals surface area contributed by atoms with Gasteiger partial charge in [-0.2, -0.15) is 10.2 Å². The largest absolute Gasteiger partial charge is 0.196 e. The van der Waals surface area contributed by atoms with Crippen LogP contribution in [0, 0.1) is 5.41 Å². The lowest BCUT2D eigenvalue weighted by Gasteiger charge is -2.25. The molecule has 0 radical (unpaired) electrons. The zero-order valence-corrected chi connectivity index (χ0v) is 11.6. The van der Waals surface area contributed by atoms with E-state index < -0.39 is 0 Å². The Morgan fingerprint density at radius 1 is 1.25 bits per heavy atom. The molecule has 1 aliphatic heterocycles. The van der Waals surface area contributed by atoms with Crippen molar-refractivity contribution in [1.82, 2.24) is 0 Å². The number of hydrogen-bond acceptors (Lipinski definition) is 2. The van der Waals surface area contributed by atoms with Crippen LogP contribution in [0.3, 0.4) is 0 Å². The average Bonchev–Trinajstić information content (AvgIpc) is 2.94. The summed E-state index contributed by atoms with van der Waals surface area (Å²) in [4.78, 5) is 0. The summed E-state index contributed by atoms with van der Waals surface area (Å²) in [6.45, 7) is 6.61. The molecule has 2 rings (SSSR count). The standard InChI is InChI=1S/C13H17BrN2/c1-12(2,3)13(15-16-13)8-7-10-5-4-6-11(14)9-10/h4-6,9H,7-8H2,1-3H3. The van der Waals surface area contributed by atoms with E-state index in [1.165, 1.54) is 5.56 Å². The van der Waals surface area contributed by atoms with E-state index >= 15 is 0 Å². The Bertz CT molecular complexity index is 412. The first-order valence-corrected chi connectivity index (χ1v) is 6.41. The van der Waals surface area contributed by atoms with Crippen molar-refractivity contribution in [2.75, 3.05) is 0 Å². The molecule has 0 aromatic heterocycles. The van der Waals surface area contributed by atoms with Gasteiger partial charge in [-0.1, -0.05) is 48.8 Å². The summed E-state index contributed by atoms with van der Waals surface area (Å²) in [6, 6.07) is 8.45. The van der Waals surface area contributed by atoms with E-state index in [9.17, 15) is 0 Å². The first-order chi connectivity index (χ1) is 7.43. The van der Waals surface area contributed by atoms with Gasteiger partial charge in [0.05, 0.1) is 0 Å². The van der Waals surface area contributed by atoms with Gasteiger partial charge in [-0.05, 0) is 24.1 Å². The van der Waals surface area contributed by atoms with Gasteiger partial charge in [-0.25, -0.2) is 0 Å². The number of rotatable bonds is 3. The van der Waals surface area contributed by atoms with Gasteiger partial charge in [0, 0.05) is 16.3 Å². The van der Waals surface area contributed by atoms with Crippen LogP contribution in [0.1, 0.15) is 32.8 Å². The lowest BCUT2D eigenvalue weighted by atomic mass is 9.80. The molecule has 0 amide bonds. The molecule has 16 heavy (non-hydrogen) atoms. The Hall–Kier alpha value is -0.700. The highest BCUT2D eigenvalue weighted by Gasteiger charge is 2.50. The molecular formula is C13H17BrN2. The summed E-state index contributed by atoms with van der Waals surface area (Å²) in [5.41, 5.74) is 1.35.